The van der Waals surface area contributed by atoms with Crippen molar-refractivity contribution in [1.82, 2.24) is 5.32 Å². The molecule has 1 atom stereocenters. The van der Waals surface area contributed by atoms with E-state index in [9.17, 15) is 4.39 Å². The Hall–Kier alpha value is -1.33. The summed E-state index contributed by atoms with van der Waals surface area (Å²) in [5, 5.41) is 3.32. The molecular weight excluding hydrogens is 213 g/mol. The van der Waals surface area contributed by atoms with Gasteiger partial charge < -0.3 is 5.32 Å². The predicted molar refractivity (Wildman–Crippen MR) is 70.2 cm³/mol. The van der Waals surface area contributed by atoms with E-state index in [0.717, 1.165) is 36.9 Å². The molecule has 92 valence electrons. The Bertz CT molecular complexity index is 392. The first-order chi connectivity index (χ1) is 8.19. The van der Waals surface area contributed by atoms with Gasteiger partial charge in [-0.25, -0.2) is 4.39 Å². The van der Waals surface area contributed by atoms with Gasteiger partial charge in [0.1, 0.15) is 5.82 Å². The molecule has 1 rings (SSSR count). The SMILES string of the molecule is C#CCCCC(NCC)c1cc(C)ccc1F. The molecule has 0 spiro atoms. The van der Waals surface area contributed by atoms with Crippen LogP contribution in [0.1, 0.15) is 43.4 Å². The lowest BCUT2D eigenvalue weighted by atomic mass is 9.98. The monoisotopic (exact) mass is 233 g/mol. The van der Waals surface area contributed by atoms with Crippen molar-refractivity contribution >= 4 is 0 Å². The van der Waals surface area contributed by atoms with E-state index >= 15 is 0 Å². The van der Waals surface area contributed by atoms with Gasteiger partial charge in [0, 0.05) is 18.0 Å². The molecule has 0 fully saturated rings. The third-order valence-electron chi connectivity index (χ3n) is 2.79. The van der Waals surface area contributed by atoms with Crippen molar-refractivity contribution in [3.8, 4) is 12.3 Å². The van der Waals surface area contributed by atoms with Gasteiger partial charge in [0.2, 0.25) is 0 Å². The maximum atomic E-state index is 13.8. The van der Waals surface area contributed by atoms with Crippen molar-refractivity contribution in [3.63, 3.8) is 0 Å². The fraction of sp³-hybridized carbons (Fsp3) is 0.467. The summed E-state index contributed by atoms with van der Waals surface area (Å²) in [4.78, 5) is 0. The average molecular weight is 233 g/mol. The maximum Gasteiger partial charge on any atom is 0.127 e. The molecule has 0 aliphatic rings. The Balaban J connectivity index is 2.81. The quantitative estimate of drug-likeness (QED) is 0.585. The van der Waals surface area contributed by atoms with Crippen LogP contribution in [0.4, 0.5) is 4.39 Å². The van der Waals surface area contributed by atoms with Crippen molar-refractivity contribution in [3.05, 3.63) is 35.1 Å². The Morgan fingerprint density at radius 3 is 2.88 bits per heavy atom. The summed E-state index contributed by atoms with van der Waals surface area (Å²) < 4.78 is 13.8. The number of aryl methyl sites for hydroxylation is 1. The highest BCUT2D eigenvalue weighted by Crippen LogP contribution is 2.23. The molecule has 0 heterocycles. The summed E-state index contributed by atoms with van der Waals surface area (Å²) in [5.41, 5.74) is 1.84. The third kappa shape index (κ3) is 4.20. The second-order valence-corrected chi connectivity index (χ2v) is 4.23. The molecule has 1 aromatic rings. The molecular formula is C15H20FN. The second kappa shape index (κ2) is 7.09. The van der Waals surface area contributed by atoms with Crippen LogP contribution in [0.5, 0.6) is 0 Å². The van der Waals surface area contributed by atoms with Crippen LogP contribution in [-0.2, 0) is 0 Å². The van der Waals surface area contributed by atoms with Gasteiger partial charge >= 0.3 is 0 Å². The Morgan fingerprint density at radius 2 is 2.24 bits per heavy atom. The first-order valence-electron chi connectivity index (χ1n) is 6.12. The Kier molecular flexibility index (Phi) is 5.72. The molecule has 0 bridgehead atoms. The highest BCUT2D eigenvalue weighted by Gasteiger charge is 2.14. The highest BCUT2D eigenvalue weighted by atomic mass is 19.1. The number of unbranched alkanes of at least 4 members (excludes halogenated alkanes) is 1. The van der Waals surface area contributed by atoms with E-state index in [1.165, 1.54) is 6.07 Å². The molecule has 0 saturated carbocycles. The van der Waals surface area contributed by atoms with Crippen LogP contribution in [-0.4, -0.2) is 6.54 Å². The second-order valence-electron chi connectivity index (χ2n) is 4.23. The minimum Gasteiger partial charge on any atom is -0.310 e. The molecule has 1 N–H and O–H groups in total. The zero-order valence-electron chi connectivity index (χ0n) is 10.6. The summed E-state index contributed by atoms with van der Waals surface area (Å²) in [6.07, 6.45) is 7.77. The van der Waals surface area contributed by atoms with Crippen LogP contribution in [0.25, 0.3) is 0 Å². The van der Waals surface area contributed by atoms with Gasteiger partial charge in [-0.15, -0.1) is 12.3 Å². The van der Waals surface area contributed by atoms with Gasteiger partial charge in [0.25, 0.3) is 0 Å². The van der Waals surface area contributed by atoms with Crippen molar-refractivity contribution in [2.24, 2.45) is 0 Å². The van der Waals surface area contributed by atoms with E-state index < -0.39 is 0 Å². The lowest BCUT2D eigenvalue weighted by molar-refractivity contribution is 0.475. The molecule has 0 saturated heterocycles. The number of hydrogen-bond acceptors (Lipinski definition) is 1. The number of nitrogens with one attached hydrogen (secondary N) is 1. The van der Waals surface area contributed by atoms with Crippen LogP contribution < -0.4 is 5.32 Å². The molecule has 1 nitrogen and oxygen atoms in total. The number of benzene rings is 1. The first-order valence-corrected chi connectivity index (χ1v) is 6.12. The standard InChI is InChI=1S/C15H20FN/c1-4-6-7-8-15(17-5-2)13-11-12(3)9-10-14(13)16/h1,9-11,15,17H,5-8H2,2-3H3. The van der Waals surface area contributed by atoms with E-state index in [-0.39, 0.29) is 11.9 Å². The van der Waals surface area contributed by atoms with Gasteiger partial charge in [-0.1, -0.05) is 24.6 Å². The van der Waals surface area contributed by atoms with Gasteiger partial charge in [-0.05, 0) is 32.4 Å². The Labute approximate surface area is 103 Å². The van der Waals surface area contributed by atoms with Crippen molar-refractivity contribution in [2.45, 2.75) is 39.2 Å². The smallest absolute Gasteiger partial charge is 0.127 e. The number of rotatable bonds is 6. The molecule has 0 radical (unpaired) electrons. The first kappa shape index (κ1) is 13.7. The summed E-state index contributed by atoms with van der Waals surface area (Å²) in [6.45, 7) is 4.84. The lowest BCUT2D eigenvalue weighted by Gasteiger charge is -2.19. The van der Waals surface area contributed by atoms with E-state index in [0.29, 0.717) is 0 Å². The van der Waals surface area contributed by atoms with E-state index in [2.05, 4.69) is 11.2 Å². The van der Waals surface area contributed by atoms with Crippen molar-refractivity contribution < 1.29 is 4.39 Å². The molecule has 0 aliphatic carbocycles. The Morgan fingerprint density at radius 1 is 1.47 bits per heavy atom. The summed E-state index contributed by atoms with van der Waals surface area (Å²) in [7, 11) is 0. The minimum absolute atomic E-state index is 0.0632. The zero-order valence-corrected chi connectivity index (χ0v) is 10.6. The highest BCUT2D eigenvalue weighted by molar-refractivity contribution is 5.26. The van der Waals surface area contributed by atoms with Crippen LogP contribution in [0.2, 0.25) is 0 Å². The fourth-order valence-corrected chi connectivity index (χ4v) is 1.95. The van der Waals surface area contributed by atoms with Crippen molar-refractivity contribution in [1.29, 1.82) is 0 Å². The van der Waals surface area contributed by atoms with E-state index in [1.54, 1.807) is 6.07 Å². The lowest BCUT2D eigenvalue weighted by Crippen LogP contribution is -2.22. The molecule has 17 heavy (non-hydrogen) atoms. The number of terminal acetylenes is 1. The molecule has 0 aliphatic heterocycles. The van der Waals surface area contributed by atoms with Gasteiger partial charge in [0.05, 0.1) is 0 Å². The molecule has 2 heteroatoms. The van der Waals surface area contributed by atoms with E-state index in [4.69, 9.17) is 6.42 Å². The molecule has 1 unspecified atom stereocenters. The number of halogens is 1. The van der Waals surface area contributed by atoms with Gasteiger partial charge in [-0.2, -0.15) is 0 Å². The fourth-order valence-electron chi connectivity index (χ4n) is 1.95. The normalized spacial score (nSPS) is 12.1. The van der Waals surface area contributed by atoms with Crippen LogP contribution >= 0.6 is 0 Å². The van der Waals surface area contributed by atoms with Gasteiger partial charge in [0.15, 0.2) is 0 Å². The zero-order chi connectivity index (χ0) is 12.7. The molecule has 1 aromatic carbocycles. The average Bonchev–Trinajstić information content (AvgIpc) is 2.32. The third-order valence-corrected chi connectivity index (χ3v) is 2.79. The van der Waals surface area contributed by atoms with Crippen molar-refractivity contribution in [2.75, 3.05) is 6.54 Å². The summed E-state index contributed by atoms with van der Waals surface area (Å²) in [5.74, 6) is 2.48. The molecule has 0 aromatic heterocycles. The maximum absolute atomic E-state index is 13.8. The van der Waals surface area contributed by atoms with Crippen LogP contribution in [0, 0.1) is 25.1 Å². The summed E-state index contributed by atoms with van der Waals surface area (Å²) >= 11 is 0. The van der Waals surface area contributed by atoms with Crippen LogP contribution in [0.3, 0.4) is 0 Å². The minimum atomic E-state index is -0.137. The summed E-state index contributed by atoms with van der Waals surface area (Å²) in [6, 6.07) is 5.31. The molecule has 0 amide bonds. The largest absolute Gasteiger partial charge is 0.310 e. The number of hydrogen-bond donors (Lipinski definition) is 1. The van der Waals surface area contributed by atoms with E-state index in [1.807, 2.05) is 19.9 Å². The topological polar surface area (TPSA) is 12.0 Å². The van der Waals surface area contributed by atoms with Gasteiger partial charge in [-0.3, -0.25) is 0 Å². The van der Waals surface area contributed by atoms with Crippen LogP contribution in [0.15, 0.2) is 18.2 Å². The predicted octanol–water partition coefficient (Wildman–Crippen LogP) is 3.59.